The molecular weight excluding hydrogens is 262 g/mol. The second kappa shape index (κ2) is 7.26. The fraction of sp³-hybridized carbons (Fsp3) is 0.353. The molecule has 1 aromatic carbocycles. The Morgan fingerprint density at radius 3 is 2.38 bits per heavy atom. The number of rotatable bonds is 3. The SMILES string of the molecule is N#C/C(=C\c1ccc(C#N)cc1)C(=O)NC1CCCCC1. The lowest BCUT2D eigenvalue weighted by molar-refractivity contribution is -0.117. The fourth-order valence-electron chi connectivity index (χ4n) is 2.48. The molecule has 4 nitrogen and oxygen atoms in total. The molecule has 106 valence electrons. The summed E-state index contributed by atoms with van der Waals surface area (Å²) in [5.74, 6) is -0.311. The van der Waals surface area contributed by atoms with E-state index in [2.05, 4.69) is 5.32 Å². The highest BCUT2D eigenvalue weighted by Gasteiger charge is 2.17. The second-order valence-corrected chi connectivity index (χ2v) is 5.21. The van der Waals surface area contributed by atoms with Gasteiger partial charge < -0.3 is 5.32 Å². The van der Waals surface area contributed by atoms with Crippen LogP contribution in [0, 0.1) is 22.7 Å². The number of hydrogen-bond acceptors (Lipinski definition) is 3. The maximum absolute atomic E-state index is 12.1. The van der Waals surface area contributed by atoms with Gasteiger partial charge in [-0.05, 0) is 36.6 Å². The van der Waals surface area contributed by atoms with Crippen molar-refractivity contribution in [2.75, 3.05) is 0 Å². The highest BCUT2D eigenvalue weighted by Crippen LogP contribution is 2.18. The predicted octanol–water partition coefficient (Wildman–Crippen LogP) is 2.91. The number of nitriles is 2. The maximum atomic E-state index is 12.1. The second-order valence-electron chi connectivity index (χ2n) is 5.21. The van der Waals surface area contributed by atoms with Gasteiger partial charge in [0, 0.05) is 6.04 Å². The topological polar surface area (TPSA) is 76.7 Å². The van der Waals surface area contributed by atoms with E-state index in [1.807, 2.05) is 12.1 Å². The minimum absolute atomic E-state index is 0.102. The largest absolute Gasteiger partial charge is 0.349 e. The van der Waals surface area contributed by atoms with Crippen LogP contribution in [0.2, 0.25) is 0 Å². The molecule has 1 fully saturated rings. The van der Waals surface area contributed by atoms with Crippen LogP contribution >= 0.6 is 0 Å². The van der Waals surface area contributed by atoms with Crippen molar-refractivity contribution in [3.05, 3.63) is 41.0 Å². The van der Waals surface area contributed by atoms with Gasteiger partial charge in [0.05, 0.1) is 11.6 Å². The van der Waals surface area contributed by atoms with Crippen LogP contribution in [0.3, 0.4) is 0 Å². The summed E-state index contributed by atoms with van der Waals surface area (Å²) in [7, 11) is 0. The molecule has 21 heavy (non-hydrogen) atoms. The van der Waals surface area contributed by atoms with Crippen LogP contribution < -0.4 is 5.32 Å². The third kappa shape index (κ3) is 4.19. The number of nitrogens with zero attached hydrogens (tertiary/aromatic N) is 2. The van der Waals surface area contributed by atoms with Crippen molar-refractivity contribution in [2.24, 2.45) is 0 Å². The molecule has 0 bridgehead atoms. The van der Waals surface area contributed by atoms with Gasteiger partial charge in [-0.1, -0.05) is 31.4 Å². The minimum atomic E-state index is -0.311. The molecule has 1 aromatic rings. The lowest BCUT2D eigenvalue weighted by atomic mass is 9.95. The molecule has 0 radical (unpaired) electrons. The summed E-state index contributed by atoms with van der Waals surface area (Å²) >= 11 is 0. The first-order valence-electron chi connectivity index (χ1n) is 7.16. The fourth-order valence-corrected chi connectivity index (χ4v) is 2.48. The molecule has 0 aromatic heterocycles. The zero-order valence-electron chi connectivity index (χ0n) is 11.8. The smallest absolute Gasteiger partial charge is 0.262 e. The molecule has 0 heterocycles. The van der Waals surface area contributed by atoms with Crippen LogP contribution in [0.25, 0.3) is 6.08 Å². The summed E-state index contributed by atoms with van der Waals surface area (Å²) in [5.41, 5.74) is 1.40. The van der Waals surface area contributed by atoms with Crippen LogP contribution in [0.1, 0.15) is 43.2 Å². The van der Waals surface area contributed by atoms with Gasteiger partial charge in [0.15, 0.2) is 0 Å². The molecule has 1 aliphatic carbocycles. The van der Waals surface area contributed by atoms with Crippen molar-refractivity contribution in [3.63, 3.8) is 0 Å². The van der Waals surface area contributed by atoms with Gasteiger partial charge >= 0.3 is 0 Å². The lowest BCUT2D eigenvalue weighted by Crippen LogP contribution is -2.36. The third-order valence-corrected chi connectivity index (χ3v) is 3.66. The van der Waals surface area contributed by atoms with Crippen molar-refractivity contribution in [2.45, 2.75) is 38.1 Å². The van der Waals surface area contributed by atoms with Crippen LogP contribution in [-0.4, -0.2) is 11.9 Å². The zero-order chi connectivity index (χ0) is 15.1. The highest BCUT2D eigenvalue weighted by molar-refractivity contribution is 6.01. The molecule has 1 amide bonds. The monoisotopic (exact) mass is 279 g/mol. The van der Waals surface area contributed by atoms with Gasteiger partial charge in [0.1, 0.15) is 11.6 Å². The minimum Gasteiger partial charge on any atom is -0.349 e. The van der Waals surface area contributed by atoms with E-state index in [1.165, 1.54) is 6.42 Å². The summed E-state index contributed by atoms with van der Waals surface area (Å²) < 4.78 is 0. The Hall–Kier alpha value is -2.59. The summed E-state index contributed by atoms with van der Waals surface area (Å²) in [4.78, 5) is 12.1. The van der Waals surface area contributed by atoms with Crippen molar-refractivity contribution < 1.29 is 4.79 Å². The Balaban J connectivity index is 2.06. The summed E-state index contributed by atoms with van der Waals surface area (Å²) in [5, 5.41) is 20.8. The van der Waals surface area contributed by atoms with Crippen LogP contribution in [0.15, 0.2) is 29.8 Å². The molecule has 0 atom stereocenters. The maximum Gasteiger partial charge on any atom is 0.262 e. The Labute approximate surface area is 124 Å². The van der Waals surface area contributed by atoms with Gasteiger partial charge in [-0.3, -0.25) is 4.79 Å². The predicted molar refractivity (Wildman–Crippen MR) is 79.8 cm³/mol. The summed E-state index contributed by atoms with van der Waals surface area (Å²) in [6.45, 7) is 0. The van der Waals surface area contributed by atoms with Gasteiger partial charge in [-0.25, -0.2) is 0 Å². The van der Waals surface area contributed by atoms with E-state index in [-0.39, 0.29) is 17.5 Å². The number of carbonyl (C=O) groups excluding carboxylic acids is 1. The van der Waals surface area contributed by atoms with Crippen LogP contribution in [0.5, 0.6) is 0 Å². The molecule has 1 saturated carbocycles. The van der Waals surface area contributed by atoms with Crippen molar-refractivity contribution >= 4 is 12.0 Å². The molecule has 0 unspecified atom stereocenters. The average Bonchev–Trinajstić information content (AvgIpc) is 2.54. The van der Waals surface area contributed by atoms with Crippen molar-refractivity contribution in [1.29, 1.82) is 10.5 Å². The first-order chi connectivity index (χ1) is 10.2. The van der Waals surface area contributed by atoms with Crippen molar-refractivity contribution in [3.8, 4) is 12.1 Å². The number of nitrogens with one attached hydrogen (secondary N) is 1. The average molecular weight is 279 g/mol. The van der Waals surface area contributed by atoms with E-state index < -0.39 is 0 Å². The van der Waals surface area contributed by atoms with Crippen molar-refractivity contribution in [1.82, 2.24) is 5.32 Å². The number of amides is 1. The third-order valence-electron chi connectivity index (χ3n) is 3.66. The van der Waals surface area contributed by atoms with Gasteiger partial charge in [-0.2, -0.15) is 10.5 Å². The first kappa shape index (κ1) is 14.8. The lowest BCUT2D eigenvalue weighted by Gasteiger charge is -2.22. The van der Waals surface area contributed by atoms with Gasteiger partial charge in [-0.15, -0.1) is 0 Å². The van der Waals surface area contributed by atoms with Gasteiger partial charge in [0.25, 0.3) is 5.91 Å². The molecular formula is C17H17N3O. The van der Waals surface area contributed by atoms with E-state index in [9.17, 15) is 4.79 Å². The van der Waals surface area contributed by atoms with E-state index >= 15 is 0 Å². The summed E-state index contributed by atoms with van der Waals surface area (Å²) in [6, 6.07) is 11.0. The number of hydrogen-bond donors (Lipinski definition) is 1. The highest BCUT2D eigenvalue weighted by atomic mass is 16.1. The Morgan fingerprint density at radius 2 is 1.81 bits per heavy atom. The molecule has 0 saturated heterocycles. The Kier molecular flexibility index (Phi) is 5.12. The van der Waals surface area contributed by atoms with Crippen LogP contribution in [0.4, 0.5) is 0 Å². The standard InChI is InChI=1S/C17H17N3O/c18-11-14-8-6-13(7-9-14)10-15(12-19)17(21)20-16-4-2-1-3-5-16/h6-10,16H,1-5H2,(H,20,21)/b15-10+. The molecule has 0 spiro atoms. The number of benzene rings is 1. The molecule has 0 aliphatic heterocycles. The van der Waals surface area contributed by atoms with Gasteiger partial charge in [0.2, 0.25) is 0 Å². The number of carbonyl (C=O) groups is 1. The zero-order valence-corrected chi connectivity index (χ0v) is 11.8. The van der Waals surface area contributed by atoms with Crippen LogP contribution in [-0.2, 0) is 4.79 Å². The van der Waals surface area contributed by atoms with E-state index in [4.69, 9.17) is 10.5 Å². The van der Waals surface area contributed by atoms with E-state index in [1.54, 1.807) is 30.3 Å². The quantitative estimate of drug-likeness (QED) is 0.682. The van der Waals surface area contributed by atoms with E-state index in [0.717, 1.165) is 31.2 Å². The molecule has 1 N–H and O–H groups in total. The Morgan fingerprint density at radius 1 is 1.14 bits per heavy atom. The molecule has 4 heteroatoms. The molecule has 2 rings (SSSR count). The summed E-state index contributed by atoms with van der Waals surface area (Å²) in [6.07, 6.45) is 7.01. The first-order valence-corrected chi connectivity index (χ1v) is 7.16. The molecule has 1 aliphatic rings. The van der Waals surface area contributed by atoms with E-state index in [0.29, 0.717) is 5.56 Å². The normalized spacial score (nSPS) is 15.8. The Bertz CT molecular complexity index is 611.